The summed E-state index contributed by atoms with van der Waals surface area (Å²) < 4.78 is 0. The van der Waals surface area contributed by atoms with Gasteiger partial charge in [-0.2, -0.15) is 0 Å². The molecule has 0 aromatic heterocycles. The average molecular weight is 337 g/mol. The normalized spacial score (nSPS) is 39.2. The molecule has 0 aromatic rings. The first-order valence-corrected chi connectivity index (χ1v) is 11.0. The smallest absolute Gasteiger partial charge is 0.0381 e. The van der Waals surface area contributed by atoms with E-state index in [2.05, 4.69) is 34.6 Å². The summed E-state index contributed by atoms with van der Waals surface area (Å²) in [6, 6.07) is 0. The van der Waals surface area contributed by atoms with Gasteiger partial charge in [-0.05, 0) is 67.1 Å². The van der Waals surface area contributed by atoms with Gasteiger partial charge in [-0.15, -0.1) is 0 Å². The Morgan fingerprint density at radius 1 is 0.750 bits per heavy atom. The molecule has 0 nitrogen and oxygen atoms in total. The zero-order chi connectivity index (χ0) is 16.8. The van der Waals surface area contributed by atoms with Crippen molar-refractivity contribution < 1.29 is 0 Å². The molecule has 0 spiro atoms. The Labute approximate surface area is 154 Å². The van der Waals surface area contributed by atoms with Crippen molar-refractivity contribution in [1.29, 1.82) is 0 Å². The molecule has 6 atom stereocenters. The summed E-state index contributed by atoms with van der Waals surface area (Å²) in [5.41, 5.74) is 0. The molecule has 3 rings (SSSR count). The predicted molar refractivity (Wildman–Crippen MR) is 110 cm³/mol. The van der Waals surface area contributed by atoms with E-state index in [0.29, 0.717) is 0 Å². The van der Waals surface area contributed by atoms with Crippen molar-refractivity contribution >= 4 is 0 Å². The van der Waals surface area contributed by atoms with Crippen LogP contribution in [0.25, 0.3) is 0 Å². The molecule has 24 heavy (non-hydrogen) atoms. The summed E-state index contributed by atoms with van der Waals surface area (Å²) in [4.78, 5) is 0. The minimum atomic E-state index is 0. The molecular weight excluding hydrogens is 288 g/mol. The first-order valence-electron chi connectivity index (χ1n) is 11.0. The number of hydrogen-bond acceptors (Lipinski definition) is 0. The van der Waals surface area contributed by atoms with E-state index in [1.54, 1.807) is 6.42 Å². The van der Waals surface area contributed by atoms with Crippen LogP contribution in [0.5, 0.6) is 0 Å². The molecule has 0 saturated heterocycles. The fourth-order valence-electron chi connectivity index (χ4n) is 5.59. The maximum absolute atomic E-state index is 2.51. The third kappa shape index (κ3) is 6.38. The highest BCUT2D eigenvalue weighted by Gasteiger charge is 2.37. The van der Waals surface area contributed by atoms with Crippen LogP contribution in [0, 0.1) is 41.4 Å². The standard InChI is InChI=1S/C17H32.C6H12.CH4/c1-11(2)16-7-6-15(9-16)10-17-8-12(3)13(4)14(17)5;1-2-4-6-5-3-1;/h11-17H,6-10H2,1-5H3;1-6H2;1H4. The van der Waals surface area contributed by atoms with E-state index < -0.39 is 0 Å². The van der Waals surface area contributed by atoms with E-state index in [-0.39, 0.29) is 7.43 Å². The molecule has 144 valence electrons. The first-order chi connectivity index (χ1) is 11.0. The third-order valence-corrected chi connectivity index (χ3v) is 7.81. The van der Waals surface area contributed by atoms with Crippen molar-refractivity contribution in [3.63, 3.8) is 0 Å². The second kappa shape index (κ2) is 10.9. The van der Waals surface area contributed by atoms with Crippen LogP contribution in [-0.2, 0) is 0 Å². The van der Waals surface area contributed by atoms with E-state index in [0.717, 1.165) is 41.4 Å². The van der Waals surface area contributed by atoms with E-state index in [1.165, 1.54) is 64.2 Å². The second-order valence-corrected chi connectivity index (χ2v) is 9.73. The lowest BCUT2D eigenvalue weighted by Gasteiger charge is -2.22. The molecule has 0 N–H and O–H groups in total. The van der Waals surface area contributed by atoms with Gasteiger partial charge in [0.2, 0.25) is 0 Å². The minimum absolute atomic E-state index is 0. The monoisotopic (exact) mass is 336 g/mol. The van der Waals surface area contributed by atoms with Gasteiger partial charge in [-0.3, -0.25) is 0 Å². The van der Waals surface area contributed by atoms with Crippen molar-refractivity contribution in [3.8, 4) is 0 Å². The van der Waals surface area contributed by atoms with Gasteiger partial charge in [-0.1, -0.05) is 87.0 Å². The fraction of sp³-hybridized carbons (Fsp3) is 1.00. The molecule has 0 amide bonds. The fourth-order valence-corrected chi connectivity index (χ4v) is 5.59. The molecule has 3 fully saturated rings. The lowest BCUT2D eigenvalue weighted by Crippen LogP contribution is -2.13. The summed E-state index contributed by atoms with van der Waals surface area (Å²) in [6.07, 6.45) is 16.6. The van der Waals surface area contributed by atoms with Crippen LogP contribution in [0.2, 0.25) is 0 Å². The highest BCUT2D eigenvalue weighted by molar-refractivity contribution is 4.87. The zero-order valence-electron chi connectivity index (χ0n) is 16.8. The molecule has 0 heterocycles. The van der Waals surface area contributed by atoms with Crippen LogP contribution in [0.3, 0.4) is 0 Å². The summed E-state index contributed by atoms with van der Waals surface area (Å²) in [5.74, 6) is 6.95. The summed E-state index contributed by atoms with van der Waals surface area (Å²) in [5, 5.41) is 0. The highest BCUT2D eigenvalue weighted by atomic mass is 14.4. The van der Waals surface area contributed by atoms with Crippen molar-refractivity contribution in [2.75, 3.05) is 0 Å². The zero-order valence-corrected chi connectivity index (χ0v) is 16.8. The summed E-state index contributed by atoms with van der Waals surface area (Å²) >= 11 is 0. The number of rotatable bonds is 3. The van der Waals surface area contributed by atoms with Crippen molar-refractivity contribution in [3.05, 3.63) is 0 Å². The van der Waals surface area contributed by atoms with Crippen LogP contribution >= 0.6 is 0 Å². The second-order valence-electron chi connectivity index (χ2n) is 9.73. The summed E-state index contributed by atoms with van der Waals surface area (Å²) in [7, 11) is 0. The Morgan fingerprint density at radius 2 is 1.29 bits per heavy atom. The van der Waals surface area contributed by atoms with Crippen LogP contribution < -0.4 is 0 Å². The Balaban J connectivity index is 0.000000349. The summed E-state index contributed by atoms with van der Waals surface area (Å²) in [6.45, 7) is 12.3. The Bertz CT molecular complexity index is 302. The van der Waals surface area contributed by atoms with Crippen molar-refractivity contribution in [2.45, 2.75) is 113 Å². The van der Waals surface area contributed by atoms with E-state index in [4.69, 9.17) is 0 Å². The van der Waals surface area contributed by atoms with Gasteiger partial charge in [0.05, 0.1) is 0 Å². The lowest BCUT2D eigenvalue weighted by atomic mass is 9.83. The van der Waals surface area contributed by atoms with Gasteiger partial charge < -0.3 is 0 Å². The molecule has 0 aliphatic heterocycles. The van der Waals surface area contributed by atoms with Gasteiger partial charge in [0.25, 0.3) is 0 Å². The van der Waals surface area contributed by atoms with Gasteiger partial charge in [-0.25, -0.2) is 0 Å². The Kier molecular flexibility index (Phi) is 9.98. The molecule has 0 bridgehead atoms. The SMILES string of the molecule is C.C1CCCCC1.CC(C)C1CCC(CC2CC(C)C(C)C2C)C1. The van der Waals surface area contributed by atoms with Gasteiger partial charge in [0.1, 0.15) is 0 Å². The Morgan fingerprint density at radius 3 is 1.67 bits per heavy atom. The topological polar surface area (TPSA) is 0 Å². The maximum atomic E-state index is 2.51. The van der Waals surface area contributed by atoms with Crippen molar-refractivity contribution in [2.24, 2.45) is 41.4 Å². The first kappa shape index (κ1) is 22.0. The maximum Gasteiger partial charge on any atom is -0.0381 e. The van der Waals surface area contributed by atoms with Crippen LogP contribution in [0.15, 0.2) is 0 Å². The molecule has 0 heteroatoms. The molecule has 6 unspecified atom stereocenters. The van der Waals surface area contributed by atoms with Crippen LogP contribution in [0.4, 0.5) is 0 Å². The van der Waals surface area contributed by atoms with E-state index >= 15 is 0 Å². The van der Waals surface area contributed by atoms with Crippen LogP contribution in [-0.4, -0.2) is 0 Å². The van der Waals surface area contributed by atoms with Gasteiger partial charge in [0.15, 0.2) is 0 Å². The minimum Gasteiger partial charge on any atom is -0.0776 e. The average Bonchev–Trinajstić information content (AvgIpc) is 3.12. The number of hydrogen-bond donors (Lipinski definition) is 0. The Hall–Kier alpha value is 0. The molecule has 3 aliphatic rings. The molecule has 0 radical (unpaired) electrons. The van der Waals surface area contributed by atoms with Gasteiger partial charge in [0, 0.05) is 0 Å². The molecular formula is C24H48. The van der Waals surface area contributed by atoms with Crippen molar-refractivity contribution in [1.82, 2.24) is 0 Å². The highest BCUT2D eigenvalue weighted by Crippen LogP contribution is 2.47. The van der Waals surface area contributed by atoms with Gasteiger partial charge >= 0.3 is 0 Å². The largest absolute Gasteiger partial charge is 0.0776 e. The van der Waals surface area contributed by atoms with Crippen LogP contribution in [0.1, 0.15) is 113 Å². The van der Waals surface area contributed by atoms with E-state index in [1.807, 2.05) is 0 Å². The quantitative estimate of drug-likeness (QED) is 0.485. The third-order valence-electron chi connectivity index (χ3n) is 7.81. The molecule has 0 aromatic carbocycles. The predicted octanol–water partition coefficient (Wildman–Crippen LogP) is 8.35. The lowest BCUT2D eigenvalue weighted by molar-refractivity contribution is 0.279. The molecule has 3 aliphatic carbocycles. The van der Waals surface area contributed by atoms with E-state index in [9.17, 15) is 0 Å². The molecule has 3 saturated carbocycles.